The van der Waals surface area contributed by atoms with Crippen molar-refractivity contribution in [2.24, 2.45) is 10.9 Å². The van der Waals surface area contributed by atoms with Gasteiger partial charge in [0.15, 0.2) is 15.8 Å². The molecule has 4 rings (SSSR count). The van der Waals surface area contributed by atoms with Crippen molar-refractivity contribution in [3.63, 3.8) is 0 Å². The van der Waals surface area contributed by atoms with Crippen LogP contribution in [0.1, 0.15) is 12.0 Å². The van der Waals surface area contributed by atoms with Crippen LogP contribution >= 0.6 is 24.0 Å². The molecule has 1 atom stereocenters. The van der Waals surface area contributed by atoms with E-state index in [4.69, 9.17) is 0 Å². The molecule has 150 valence electrons. The van der Waals surface area contributed by atoms with Gasteiger partial charge in [-0.3, -0.25) is 4.99 Å². The summed E-state index contributed by atoms with van der Waals surface area (Å²) in [5.41, 5.74) is 4.96. The van der Waals surface area contributed by atoms with Crippen LogP contribution in [0.3, 0.4) is 0 Å². The van der Waals surface area contributed by atoms with Crippen LogP contribution in [0.25, 0.3) is 11.1 Å². The third-order valence-electron chi connectivity index (χ3n) is 5.43. The van der Waals surface area contributed by atoms with E-state index in [1.54, 1.807) is 7.05 Å². The molecule has 1 unspecified atom stereocenters. The molecule has 0 saturated carbocycles. The van der Waals surface area contributed by atoms with E-state index < -0.39 is 9.84 Å². The van der Waals surface area contributed by atoms with Crippen LogP contribution in [0.15, 0.2) is 53.5 Å². The fourth-order valence-corrected chi connectivity index (χ4v) is 5.86. The molecule has 7 heteroatoms. The predicted molar refractivity (Wildman–Crippen MR) is 126 cm³/mol. The molecule has 2 aromatic rings. The molecule has 0 aromatic heterocycles. The summed E-state index contributed by atoms with van der Waals surface area (Å²) in [7, 11) is -1.06. The van der Waals surface area contributed by atoms with Gasteiger partial charge >= 0.3 is 0 Å². The van der Waals surface area contributed by atoms with Gasteiger partial charge < -0.3 is 10.2 Å². The van der Waals surface area contributed by atoms with Gasteiger partial charge in [-0.05, 0) is 47.6 Å². The lowest BCUT2D eigenvalue weighted by Crippen LogP contribution is -2.42. The maximum absolute atomic E-state index is 11.7. The molecule has 0 amide bonds. The Morgan fingerprint density at radius 1 is 1.18 bits per heavy atom. The Labute approximate surface area is 184 Å². The summed E-state index contributed by atoms with van der Waals surface area (Å²) in [5, 5.41) is 3.39. The van der Waals surface area contributed by atoms with Gasteiger partial charge in [-0.1, -0.05) is 36.4 Å². The van der Waals surface area contributed by atoms with Crippen LogP contribution in [-0.4, -0.2) is 46.0 Å². The normalized spacial score (nSPS) is 20.5. The Morgan fingerprint density at radius 2 is 1.96 bits per heavy atom. The molecule has 2 heterocycles. The molecule has 2 aliphatic heterocycles. The topological polar surface area (TPSA) is 61.8 Å². The lowest BCUT2D eigenvalue weighted by atomic mass is 10.0. The quantitative estimate of drug-likeness (QED) is 0.390. The predicted octanol–water partition coefficient (Wildman–Crippen LogP) is 3.34. The van der Waals surface area contributed by atoms with Crippen LogP contribution in [-0.2, 0) is 16.3 Å². The zero-order chi connectivity index (χ0) is 18.9. The Balaban J connectivity index is 0.00000225. The van der Waals surface area contributed by atoms with Crippen molar-refractivity contribution in [2.45, 2.75) is 12.8 Å². The fourth-order valence-electron chi connectivity index (χ4n) is 4.00. The molecule has 2 aliphatic rings. The number of benzene rings is 2. The second-order valence-corrected chi connectivity index (χ2v) is 9.54. The third kappa shape index (κ3) is 4.51. The molecule has 0 aliphatic carbocycles. The van der Waals surface area contributed by atoms with Gasteiger partial charge in [-0.15, -0.1) is 24.0 Å². The number of nitrogens with one attached hydrogen (secondary N) is 1. The number of hydrogen-bond acceptors (Lipinski definition) is 3. The van der Waals surface area contributed by atoms with Crippen LogP contribution in [0.4, 0.5) is 5.69 Å². The van der Waals surface area contributed by atoms with Crippen molar-refractivity contribution in [1.29, 1.82) is 0 Å². The van der Waals surface area contributed by atoms with E-state index in [-0.39, 0.29) is 35.6 Å². The van der Waals surface area contributed by atoms with Crippen LogP contribution in [0.2, 0.25) is 0 Å². The maximum Gasteiger partial charge on any atom is 0.198 e. The number of fused-ring (bicyclic) bond motifs is 1. The highest BCUT2D eigenvalue weighted by Crippen LogP contribution is 2.32. The number of halogens is 1. The molecular formula is C21H26IN3O2S. The van der Waals surface area contributed by atoms with Crippen molar-refractivity contribution in [3.05, 3.63) is 54.1 Å². The van der Waals surface area contributed by atoms with Crippen molar-refractivity contribution in [1.82, 2.24) is 5.32 Å². The molecule has 1 N–H and O–H groups in total. The SMILES string of the molecule is CN=C(NCC1CCS(=O)(=O)C1)N1CCc2cc(-c3ccccc3)ccc21.I. The average molecular weight is 511 g/mol. The van der Waals surface area contributed by atoms with Gasteiger partial charge in [0, 0.05) is 25.8 Å². The lowest BCUT2D eigenvalue weighted by molar-refractivity contribution is 0.570. The number of hydrogen-bond donors (Lipinski definition) is 1. The van der Waals surface area contributed by atoms with E-state index in [1.807, 2.05) is 6.07 Å². The van der Waals surface area contributed by atoms with Gasteiger partial charge in [0.05, 0.1) is 11.5 Å². The number of rotatable bonds is 3. The van der Waals surface area contributed by atoms with E-state index in [9.17, 15) is 8.42 Å². The number of anilines is 1. The molecule has 0 spiro atoms. The molecule has 28 heavy (non-hydrogen) atoms. The summed E-state index contributed by atoms with van der Waals surface area (Å²) in [6.45, 7) is 1.54. The minimum atomic E-state index is -2.84. The number of aliphatic imine (C=N–C) groups is 1. The second kappa shape index (κ2) is 8.82. The van der Waals surface area contributed by atoms with E-state index in [2.05, 4.69) is 57.7 Å². The fraction of sp³-hybridized carbons (Fsp3) is 0.381. The molecule has 0 radical (unpaired) electrons. The number of guanidine groups is 1. The van der Waals surface area contributed by atoms with Gasteiger partial charge in [-0.2, -0.15) is 0 Å². The molecule has 1 saturated heterocycles. The number of sulfone groups is 1. The average Bonchev–Trinajstić information content (AvgIpc) is 3.25. The summed E-state index contributed by atoms with van der Waals surface area (Å²) < 4.78 is 23.3. The monoisotopic (exact) mass is 511 g/mol. The smallest absolute Gasteiger partial charge is 0.198 e. The van der Waals surface area contributed by atoms with Gasteiger partial charge in [-0.25, -0.2) is 8.42 Å². The van der Waals surface area contributed by atoms with E-state index in [0.717, 1.165) is 25.3 Å². The van der Waals surface area contributed by atoms with Crippen LogP contribution in [0, 0.1) is 5.92 Å². The van der Waals surface area contributed by atoms with E-state index in [0.29, 0.717) is 12.3 Å². The highest BCUT2D eigenvalue weighted by Gasteiger charge is 2.29. The molecule has 2 aromatic carbocycles. The summed E-state index contributed by atoms with van der Waals surface area (Å²) >= 11 is 0. The lowest BCUT2D eigenvalue weighted by Gasteiger charge is -2.23. The van der Waals surface area contributed by atoms with E-state index in [1.165, 1.54) is 22.4 Å². The molecule has 5 nitrogen and oxygen atoms in total. The maximum atomic E-state index is 11.7. The molecule has 0 bridgehead atoms. The first-order valence-corrected chi connectivity index (χ1v) is 11.2. The first-order chi connectivity index (χ1) is 13.1. The Hall–Kier alpha value is -1.61. The van der Waals surface area contributed by atoms with Crippen molar-refractivity contribution in [2.75, 3.05) is 36.5 Å². The summed E-state index contributed by atoms with van der Waals surface area (Å²) in [6.07, 6.45) is 1.72. The first kappa shape index (κ1) is 21.1. The first-order valence-electron chi connectivity index (χ1n) is 9.43. The minimum Gasteiger partial charge on any atom is -0.356 e. The van der Waals surface area contributed by atoms with Crippen LogP contribution < -0.4 is 10.2 Å². The zero-order valence-electron chi connectivity index (χ0n) is 16.0. The Kier molecular flexibility index (Phi) is 6.65. The highest BCUT2D eigenvalue weighted by molar-refractivity contribution is 14.0. The Morgan fingerprint density at radius 3 is 2.64 bits per heavy atom. The van der Waals surface area contributed by atoms with Crippen molar-refractivity contribution in [3.8, 4) is 11.1 Å². The van der Waals surface area contributed by atoms with Gasteiger partial charge in [0.25, 0.3) is 0 Å². The highest BCUT2D eigenvalue weighted by atomic mass is 127. The van der Waals surface area contributed by atoms with E-state index >= 15 is 0 Å². The summed E-state index contributed by atoms with van der Waals surface area (Å²) in [5.74, 6) is 1.60. The largest absolute Gasteiger partial charge is 0.356 e. The van der Waals surface area contributed by atoms with Crippen molar-refractivity contribution >= 4 is 45.5 Å². The Bertz CT molecular complexity index is 961. The number of nitrogens with zero attached hydrogens (tertiary/aromatic N) is 2. The summed E-state index contributed by atoms with van der Waals surface area (Å²) in [4.78, 5) is 6.63. The second-order valence-electron chi connectivity index (χ2n) is 7.31. The van der Waals surface area contributed by atoms with Crippen LogP contribution in [0.5, 0.6) is 0 Å². The minimum absolute atomic E-state index is 0. The summed E-state index contributed by atoms with van der Waals surface area (Å²) in [6, 6.07) is 17.0. The molecule has 1 fully saturated rings. The van der Waals surface area contributed by atoms with Gasteiger partial charge in [0.2, 0.25) is 0 Å². The molecular weight excluding hydrogens is 485 g/mol. The zero-order valence-corrected chi connectivity index (χ0v) is 19.1. The van der Waals surface area contributed by atoms with Gasteiger partial charge in [0.1, 0.15) is 0 Å². The third-order valence-corrected chi connectivity index (χ3v) is 7.26. The standard InChI is InChI=1S/C21H25N3O2S.HI/c1-22-21(23-14-16-10-12-27(25,26)15-16)24-11-9-19-13-18(7-8-20(19)24)17-5-3-2-4-6-17;/h2-8,13,16H,9-12,14-15H2,1H3,(H,22,23);1H. The van der Waals surface area contributed by atoms with Crippen molar-refractivity contribution < 1.29 is 8.42 Å².